The predicted molar refractivity (Wildman–Crippen MR) is 108 cm³/mol. The van der Waals surface area contributed by atoms with Gasteiger partial charge in [-0.15, -0.1) is 13.2 Å². The summed E-state index contributed by atoms with van der Waals surface area (Å²) in [6, 6.07) is 5.68. The van der Waals surface area contributed by atoms with Crippen LogP contribution in [-0.4, -0.2) is 74.6 Å². The second kappa shape index (κ2) is 10.0. The first kappa shape index (κ1) is 22.9. The Morgan fingerprint density at radius 3 is 2.45 bits per heavy atom. The van der Waals surface area contributed by atoms with Crippen LogP contribution in [0.3, 0.4) is 0 Å². The van der Waals surface area contributed by atoms with Gasteiger partial charge in [0.25, 0.3) is 0 Å². The minimum Gasteiger partial charge on any atom is -0.484 e. The van der Waals surface area contributed by atoms with E-state index in [1.807, 2.05) is 0 Å². The number of carbonyl (C=O) groups is 1. The van der Waals surface area contributed by atoms with Crippen LogP contribution < -0.4 is 4.74 Å². The fourth-order valence-electron chi connectivity index (χ4n) is 3.99. The zero-order chi connectivity index (χ0) is 22.4. The van der Waals surface area contributed by atoms with Crippen LogP contribution in [0, 0.1) is 5.92 Å². The van der Waals surface area contributed by atoms with Crippen molar-refractivity contribution in [2.24, 2.45) is 10.9 Å². The molecule has 31 heavy (non-hydrogen) atoms. The van der Waals surface area contributed by atoms with E-state index in [4.69, 9.17) is 9.47 Å². The standard InChI is InChI=1S/C21H26F3N3O4/c1-3-25-19(29-2)17-12-16(15-4-6-18(7-5-15)31-21(22,23)24)13-27(14-17)20(28)26-8-10-30-11-9-26/h3-7,16-17H,1,8-14H2,2H3. The molecule has 2 fully saturated rings. The maximum atomic E-state index is 13.1. The lowest BCUT2D eigenvalue weighted by atomic mass is 9.84. The summed E-state index contributed by atoms with van der Waals surface area (Å²) < 4.78 is 52.1. The number of morpholine rings is 1. The van der Waals surface area contributed by atoms with Gasteiger partial charge in [0.05, 0.1) is 26.2 Å². The number of alkyl halides is 3. The Balaban J connectivity index is 1.81. The van der Waals surface area contributed by atoms with Crippen molar-refractivity contribution in [2.75, 3.05) is 46.5 Å². The van der Waals surface area contributed by atoms with Crippen LogP contribution in [0.15, 0.2) is 42.0 Å². The van der Waals surface area contributed by atoms with Crippen molar-refractivity contribution in [2.45, 2.75) is 18.7 Å². The molecule has 170 valence electrons. The van der Waals surface area contributed by atoms with Gasteiger partial charge in [-0.2, -0.15) is 0 Å². The lowest BCUT2D eigenvalue weighted by Gasteiger charge is -2.41. The average Bonchev–Trinajstić information content (AvgIpc) is 2.76. The molecule has 0 aromatic heterocycles. The second-order valence-electron chi connectivity index (χ2n) is 7.39. The number of benzene rings is 1. The Bertz CT molecular complexity index is 792. The first-order valence-corrected chi connectivity index (χ1v) is 10.0. The van der Waals surface area contributed by atoms with Crippen LogP contribution in [0.4, 0.5) is 18.0 Å². The summed E-state index contributed by atoms with van der Waals surface area (Å²) >= 11 is 0. The van der Waals surface area contributed by atoms with Gasteiger partial charge in [0.2, 0.25) is 0 Å². The Morgan fingerprint density at radius 1 is 1.19 bits per heavy atom. The van der Waals surface area contributed by atoms with Gasteiger partial charge in [-0.1, -0.05) is 18.7 Å². The van der Waals surface area contributed by atoms with Crippen molar-refractivity contribution in [1.29, 1.82) is 0 Å². The maximum absolute atomic E-state index is 13.1. The molecule has 2 amide bonds. The SMILES string of the molecule is C=CN=C(OC)C1CC(c2ccc(OC(F)(F)F)cc2)CN(C(=O)N2CCOCC2)C1. The molecule has 0 aliphatic carbocycles. The average molecular weight is 441 g/mol. The van der Waals surface area contributed by atoms with Gasteiger partial charge in [-0.05, 0) is 24.1 Å². The maximum Gasteiger partial charge on any atom is 0.573 e. The van der Waals surface area contributed by atoms with Crippen molar-refractivity contribution < 1.29 is 32.2 Å². The summed E-state index contributed by atoms with van der Waals surface area (Å²) in [5.74, 6) is -0.0844. The topological polar surface area (TPSA) is 63.6 Å². The molecule has 2 aliphatic rings. The molecular weight excluding hydrogens is 415 g/mol. The van der Waals surface area contributed by atoms with Crippen LogP contribution >= 0.6 is 0 Å². The number of carbonyl (C=O) groups excluding carboxylic acids is 1. The molecule has 2 heterocycles. The minimum absolute atomic E-state index is 0.0934. The lowest BCUT2D eigenvalue weighted by molar-refractivity contribution is -0.274. The van der Waals surface area contributed by atoms with E-state index in [0.717, 1.165) is 5.56 Å². The monoisotopic (exact) mass is 441 g/mol. The Labute approximate surface area is 179 Å². The first-order chi connectivity index (χ1) is 14.8. The van der Waals surface area contributed by atoms with E-state index in [2.05, 4.69) is 16.3 Å². The molecule has 0 saturated carbocycles. The van der Waals surface area contributed by atoms with Crippen molar-refractivity contribution in [3.05, 3.63) is 42.6 Å². The highest BCUT2D eigenvalue weighted by Crippen LogP contribution is 2.33. The van der Waals surface area contributed by atoms with E-state index in [1.54, 1.807) is 21.9 Å². The molecule has 1 aromatic carbocycles. The lowest BCUT2D eigenvalue weighted by Crippen LogP contribution is -2.53. The number of amides is 2. The smallest absolute Gasteiger partial charge is 0.484 e. The number of urea groups is 1. The van der Waals surface area contributed by atoms with Gasteiger partial charge in [0.1, 0.15) is 5.75 Å². The van der Waals surface area contributed by atoms with Crippen molar-refractivity contribution in [1.82, 2.24) is 9.80 Å². The van der Waals surface area contributed by atoms with Crippen LogP contribution in [0.25, 0.3) is 0 Å². The van der Waals surface area contributed by atoms with Gasteiger partial charge in [0.15, 0.2) is 5.90 Å². The van der Waals surface area contributed by atoms with E-state index in [9.17, 15) is 18.0 Å². The molecule has 3 rings (SSSR count). The summed E-state index contributed by atoms with van der Waals surface area (Å²) in [6.45, 7) is 6.51. The third-order valence-electron chi connectivity index (χ3n) is 5.36. The first-order valence-electron chi connectivity index (χ1n) is 10.0. The summed E-state index contributed by atoms with van der Waals surface area (Å²) in [4.78, 5) is 20.8. The number of piperidine rings is 1. The highest BCUT2D eigenvalue weighted by atomic mass is 19.4. The number of nitrogens with zero attached hydrogens (tertiary/aromatic N) is 3. The van der Waals surface area contributed by atoms with Gasteiger partial charge < -0.3 is 24.0 Å². The largest absolute Gasteiger partial charge is 0.573 e. The second-order valence-corrected chi connectivity index (χ2v) is 7.39. The summed E-state index contributed by atoms with van der Waals surface area (Å²) in [5.41, 5.74) is 0.813. The van der Waals surface area contributed by atoms with E-state index in [1.165, 1.54) is 25.4 Å². The van der Waals surface area contributed by atoms with Crippen LogP contribution in [0.5, 0.6) is 5.75 Å². The Kier molecular flexibility index (Phi) is 7.42. The Morgan fingerprint density at radius 2 is 1.87 bits per heavy atom. The molecule has 10 heteroatoms. The molecule has 0 bridgehead atoms. The van der Waals surface area contributed by atoms with Crippen LogP contribution in [-0.2, 0) is 9.47 Å². The number of hydrogen-bond donors (Lipinski definition) is 0. The van der Waals surface area contributed by atoms with Gasteiger partial charge in [0, 0.05) is 38.3 Å². The molecule has 2 unspecified atom stereocenters. The van der Waals surface area contributed by atoms with Gasteiger partial charge in [-0.3, -0.25) is 0 Å². The fourth-order valence-corrected chi connectivity index (χ4v) is 3.99. The van der Waals surface area contributed by atoms with Crippen LogP contribution in [0.2, 0.25) is 0 Å². The fraction of sp³-hybridized carbons (Fsp3) is 0.524. The molecule has 0 spiro atoms. The summed E-state index contributed by atoms with van der Waals surface area (Å²) in [6.07, 6.45) is -2.72. The Hall–Kier alpha value is -2.75. The van der Waals surface area contributed by atoms with E-state index in [-0.39, 0.29) is 23.6 Å². The quantitative estimate of drug-likeness (QED) is 0.529. The zero-order valence-electron chi connectivity index (χ0n) is 17.3. The summed E-state index contributed by atoms with van der Waals surface area (Å²) in [7, 11) is 1.52. The molecule has 2 atom stereocenters. The number of hydrogen-bond acceptors (Lipinski definition) is 5. The van der Waals surface area contributed by atoms with E-state index < -0.39 is 6.36 Å². The number of halogens is 3. The predicted octanol–water partition coefficient (Wildman–Crippen LogP) is 3.63. The number of rotatable bonds is 4. The molecule has 7 nitrogen and oxygen atoms in total. The highest BCUT2D eigenvalue weighted by Gasteiger charge is 2.36. The molecule has 2 aliphatic heterocycles. The van der Waals surface area contributed by atoms with Crippen molar-refractivity contribution in [3.8, 4) is 5.75 Å². The molecule has 0 radical (unpaired) electrons. The number of ether oxygens (including phenoxy) is 3. The molecular formula is C21H26F3N3O4. The highest BCUT2D eigenvalue weighted by molar-refractivity contribution is 5.81. The molecule has 1 aromatic rings. The van der Waals surface area contributed by atoms with E-state index >= 15 is 0 Å². The zero-order valence-corrected chi connectivity index (χ0v) is 17.3. The number of likely N-dealkylation sites (tertiary alicyclic amines) is 1. The minimum atomic E-state index is -4.74. The molecule has 2 saturated heterocycles. The van der Waals surface area contributed by atoms with E-state index in [0.29, 0.717) is 51.7 Å². The number of aliphatic imine (C=N–C) groups is 1. The van der Waals surface area contributed by atoms with Gasteiger partial charge in [-0.25, -0.2) is 9.79 Å². The molecule has 0 N–H and O–H groups in total. The van der Waals surface area contributed by atoms with Crippen LogP contribution in [0.1, 0.15) is 17.9 Å². The van der Waals surface area contributed by atoms with Crippen molar-refractivity contribution >= 4 is 11.9 Å². The third kappa shape index (κ3) is 6.13. The third-order valence-corrected chi connectivity index (χ3v) is 5.36. The number of methoxy groups -OCH3 is 1. The summed E-state index contributed by atoms with van der Waals surface area (Å²) in [5, 5.41) is 0. The van der Waals surface area contributed by atoms with Crippen molar-refractivity contribution in [3.63, 3.8) is 0 Å². The van der Waals surface area contributed by atoms with Gasteiger partial charge >= 0.3 is 12.4 Å². The normalized spacial score (nSPS) is 22.8.